The van der Waals surface area contributed by atoms with Crippen LogP contribution in [-0.2, 0) is 5.60 Å². The number of aromatic nitrogens is 2. The quantitative estimate of drug-likeness (QED) is 0.338. The normalized spacial score (nSPS) is 14.1. The number of oxazole rings is 1. The predicted octanol–water partition coefficient (Wildman–Crippen LogP) is 6.50. The Balaban J connectivity index is 1.97. The van der Waals surface area contributed by atoms with E-state index in [0.29, 0.717) is 23.0 Å². The van der Waals surface area contributed by atoms with Crippen LogP contribution in [0.1, 0.15) is 39.7 Å². The van der Waals surface area contributed by atoms with E-state index in [1.807, 2.05) is 32.0 Å². The van der Waals surface area contributed by atoms with Gasteiger partial charge < -0.3 is 14.1 Å². The molecule has 0 spiro atoms. The van der Waals surface area contributed by atoms with E-state index in [-0.39, 0.29) is 5.39 Å². The van der Waals surface area contributed by atoms with Crippen LogP contribution in [0.25, 0.3) is 10.9 Å². The standard InChI is InChI=1S/C24H20F6N2O2/c1-13-4-5-14(2)18(8-13)21(19-11-34-12-31-19)32-15(3)9-16-10-17(6-7-20(16)32)22(33,23(25,26)27)24(28,29)30/h4-12,21,33H,1-3H3. The third-order valence-corrected chi connectivity index (χ3v) is 5.99. The van der Waals surface area contributed by atoms with Gasteiger partial charge in [0.05, 0.1) is 0 Å². The second-order valence-corrected chi connectivity index (χ2v) is 8.31. The van der Waals surface area contributed by atoms with Gasteiger partial charge in [-0.05, 0) is 50.1 Å². The highest BCUT2D eigenvalue weighted by atomic mass is 19.4. The fourth-order valence-corrected chi connectivity index (χ4v) is 4.27. The summed E-state index contributed by atoms with van der Waals surface area (Å²) in [7, 11) is 0. The lowest BCUT2D eigenvalue weighted by atomic mass is 9.91. The molecule has 0 aliphatic rings. The first-order valence-electron chi connectivity index (χ1n) is 10.2. The molecule has 0 aliphatic heterocycles. The van der Waals surface area contributed by atoms with Gasteiger partial charge in [-0.1, -0.05) is 29.8 Å². The number of fused-ring (bicyclic) bond motifs is 1. The summed E-state index contributed by atoms with van der Waals surface area (Å²) in [5.41, 5.74) is -2.11. The van der Waals surface area contributed by atoms with Gasteiger partial charge in [0.15, 0.2) is 6.39 Å². The molecule has 2 aromatic heterocycles. The van der Waals surface area contributed by atoms with Crippen molar-refractivity contribution in [1.82, 2.24) is 9.55 Å². The molecule has 0 saturated carbocycles. The Morgan fingerprint density at radius 1 is 0.912 bits per heavy atom. The number of aryl methyl sites for hydroxylation is 3. The molecule has 0 amide bonds. The lowest BCUT2D eigenvalue weighted by molar-refractivity contribution is -0.376. The van der Waals surface area contributed by atoms with E-state index in [1.165, 1.54) is 18.7 Å². The minimum Gasteiger partial charge on any atom is -0.451 e. The second-order valence-electron chi connectivity index (χ2n) is 8.31. The molecule has 2 heterocycles. The van der Waals surface area contributed by atoms with Gasteiger partial charge in [0.1, 0.15) is 18.0 Å². The van der Waals surface area contributed by atoms with Crippen molar-refractivity contribution >= 4 is 10.9 Å². The average molecular weight is 482 g/mol. The van der Waals surface area contributed by atoms with Gasteiger partial charge >= 0.3 is 12.4 Å². The van der Waals surface area contributed by atoms with Crippen LogP contribution in [0.3, 0.4) is 0 Å². The van der Waals surface area contributed by atoms with E-state index in [0.717, 1.165) is 28.8 Å². The van der Waals surface area contributed by atoms with Gasteiger partial charge in [-0.25, -0.2) is 4.98 Å². The average Bonchev–Trinajstić information content (AvgIpc) is 3.36. The fraction of sp³-hybridized carbons (Fsp3) is 0.292. The van der Waals surface area contributed by atoms with Crippen LogP contribution < -0.4 is 0 Å². The molecule has 34 heavy (non-hydrogen) atoms. The van der Waals surface area contributed by atoms with Crippen molar-refractivity contribution in [3.8, 4) is 0 Å². The summed E-state index contributed by atoms with van der Waals surface area (Å²) >= 11 is 0. The summed E-state index contributed by atoms with van der Waals surface area (Å²) in [5.74, 6) is 0. The Hall–Kier alpha value is -3.27. The van der Waals surface area contributed by atoms with Gasteiger partial charge in [-0.2, -0.15) is 26.3 Å². The molecule has 1 atom stereocenters. The molecule has 0 aliphatic carbocycles. The highest BCUT2D eigenvalue weighted by Gasteiger charge is 2.71. The van der Waals surface area contributed by atoms with E-state index in [9.17, 15) is 31.4 Å². The zero-order valence-corrected chi connectivity index (χ0v) is 18.3. The topological polar surface area (TPSA) is 51.2 Å². The van der Waals surface area contributed by atoms with E-state index in [2.05, 4.69) is 4.98 Å². The molecule has 10 heteroatoms. The maximum Gasteiger partial charge on any atom is 0.430 e. The van der Waals surface area contributed by atoms with Crippen LogP contribution in [0.15, 0.2) is 59.5 Å². The van der Waals surface area contributed by atoms with Crippen LogP contribution in [0.5, 0.6) is 0 Å². The Kier molecular flexibility index (Phi) is 5.55. The summed E-state index contributed by atoms with van der Waals surface area (Å²) in [6, 6.07) is 9.25. The number of aliphatic hydroxyl groups is 1. The number of hydrogen-bond acceptors (Lipinski definition) is 3. The molecule has 4 nitrogen and oxygen atoms in total. The summed E-state index contributed by atoms with van der Waals surface area (Å²) in [6.07, 6.45) is -9.23. The van der Waals surface area contributed by atoms with Crippen molar-refractivity contribution in [2.45, 2.75) is 44.8 Å². The first-order chi connectivity index (χ1) is 15.8. The number of alkyl halides is 6. The van der Waals surface area contributed by atoms with E-state index in [1.54, 1.807) is 11.5 Å². The summed E-state index contributed by atoms with van der Waals surface area (Å²) in [4.78, 5) is 4.26. The van der Waals surface area contributed by atoms with Crippen LogP contribution in [-0.4, -0.2) is 27.0 Å². The van der Waals surface area contributed by atoms with Crippen molar-refractivity contribution in [3.63, 3.8) is 0 Å². The van der Waals surface area contributed by atoms with Crippen LogP contribution in [0, 0.1) is 20.8 Å². The maximum atomic E-state index is 13.4. The van der Waals surface area contributed by atoms with Gasteiger partial charge in [0, 0.05) is 22.2 Å². The molecule has 1 N–H and O–H groups in total. The molecule has 0 fully saturated rings. The first kappa shape index (κ1) is 23.9. The smallest absolute Gasteiger partial charge is 0.430 e. The van der Waals surface area contributed by atoms with Crippen molar-refractivity contribution < 1.29 is 35.9 Å². The molecule has 4 aromatic rings. The van der Waals surface area contributed by atoms with Gasteiger partial charge in [0.2, 0.25) is 0 Å². The molecule has 0 radical (unpaired) electrons. The van der Waals surface area contributed by atoms with Crippen LogP contribution in [0.2, 0.25) is 0 Å². The van der Waals surface area contributed by atoms with Crippen molar-refractivity contribution in [1.29, 1.82) is 0 Å². The first-order valence-corrected chi connectivity index (χ1v) is 10.2. The van der Waals surface area contributed by atoms with Crippen LogP contribution in [0.4, 0.5) is 26.3 Å². The third-order valence-electron chi connectivity index (χ3n) is 5.99. The maximum absolute atomic E-state index is 13.4. The van der Waals surface area contributed by atoms with E-state index >= 15 is 0 Å². The van der Waals surface area contributed by atoms with Crippen molar-refractivity contribution in [2.24, 2.45) is 0 Å². The Morgan fingerprint density at radius 2 is 1.59 bits per heavy atom. The minimum atomic E-state index is -5.96. The molecule has 0 bridgehead atoms. The third kappa shape index (κ3) is 3.66. The Bertz CT molecular complexity index is 1320. The summed E-state index contributed by atoms with van der Waals surface area (Å²) in [6.45, 7) is 5.50. The lowest BCUT2D eigenvalue weighted by Gasteiger charge is -2.32. The molecule has 1 unspecified atom stereocenters. The predicted molar refractivity (Wildman–Crippen MR) is 112 cm³/mol. The number of hydrogen-bond donors (Lipinski definition) is 1. The van der Waals surface area contributed by atoms with E-state index < -0.39 is 29.6 Å². The fourth-order valence-electron chi connectivity index (χ4n) is 4.27. The Labute approximate surface area is 190 Å². The molecule has 0 saturated heterocycles. The number of nitrogens with zero attached hydrogens (tertiary/aromatic N) is 2. The minimum absolute atomic E-state index is 0.112. The van der Waals surface area contributed by atoms with Gasteiger partial charge in [-0.3, -0.25) is 0 Å². The van der Waals surface area contributed by atoms with Crippen LogP contribution >= 0.6 is 0 Å². The zero-order valence-electron chi connectivity index (χ0n) is 18.3. The van der Waals surface area contributed by atoms with E-state index in [4.69, 9.17) is 4.42 Å². The molecule has 2 aromatic carbocycles. The van der Waals surface area contributed by atoms with Crippen molar-refractivity contribution in [2.75, 3.05) is 0 Å². The highest BCUT2D eigenvalue weighted by molar-refractivity contribution is 5.83. The molecular formula is C24H20F6N2O2. The molecule has 4 rings (SSSR count). The van der Waals surface area contributed by atoms with Gasteiger partial charge in [0.25, 0.3) is 5.60 Å². The summed E-state index contributed by atoms with van der Waals surface area (Å²) in [5, 5.41) is 9.93. The monoisotopic (exact) mass is 482 g/mol. The van der Waals surface area contributed by atoms with Crippen molar-refractivity contribution in [3.05, 3.63) is 88.8 Å². The highest BCUT2D eigenvalue weighted by Crippen LogP contribution is 2.50. The SMILES string of the molecule is Cc1ccc(C)c(C(c2cocn2)n2c(C)cc3cc(C(O)(C(F)(F)F)C(F)(F)F)ccc32)c1. The number of rotatable bonds is 4. The molecular weight excluding hydrogens is 462 g/mol. The number of halogens is 6. The second kappa shape index (κ2) is 7.90. The number of benzene rings is 2. The zero-order chi connectivity index (χ0) is 25.1. The Morgan fingerprint density at radius 3 is 2.18 bits per heavy atom. The largest absolute Gasteiger partial charge is 0.451 e. The summed E-state index contributed by atoms with van der Waals surface area (Å²) < 4.78 is 87.3. The lowest BCUT2D eigenvalue weighted by Crippen LogP contribution is -2.53. The molecule has 180 valence electrons. The van der Waals surface area contributed by atoms with Gasteiger partial charge in [-0.15, -0.1) is 0 Å².